The van der Waals surface area contributed by atoms with Gasteiger partial charge >= 0.3 is 0 Å². The third kappa shape index (κ3) is 5.49. The second kappa shape index (κ2) is 9.87. The van der Waals surface area contributed by atoms with Gasteiger partial charge in [-0.3, -0.25) is 14.5 Å². The Bertz CT molecular complexity index is 1140. The van der Waals surface area contributed by atoms with Gasteiger partial charge < -0.3 is 9.15 Å². The lowest BCUT2D eigenvalue weighted by atomic mass is 10.3. The fraction of sp³-hybridized carbons (Fsp3) is 0.0909. The fourth-order valence-electron chi connectivity index (χ4n) is 2.72. The van der Waals surface area contributed by atoms with Crippen LogP contribution in [0.4, 0.5) is 4.79 Å². The summed E-state index contributed by atoms with van der Waals surface area (Å²) in [5, 5.41) is 1.46. The molecule has 31 heavy (non-hydrogen) atoms. The van der Waals surface area contributed by atoms with Gasteiger partial charge in [0.2, 0.25) is 0 Å². The van der Waals surface area contributed by atoms with Crippen molar-refractivity contribution >= 4 is 63.9 Å². The van der Waals surface area contributed by atoms with Crippen LogP contribution in [0.1, 0.15) is 5.76 Å². The highest BCUT2D eigenvalue weighted by Gasteiger charge is 2.35. The lowest BCUT2D eigenvalue weighted by Gasteiger charge is -2.13. The summed E-state index contributed by atoms with van der Waals surface area (Å²) in [5.41, 5.74) is 0. The van der Waals surface area contributed by atoms with E-state index in [1.165, 1.54) is 11.8 Å². The van der Waals surface area contributed by atoms with E-state index < -0.39 is 0 Å². The number of carbonyl (C=O) groups is 2. The van der Waals surface area contributed by atoms with E-state index in [9.17, 15) is 9.59 Å². The molecule has 0 unspecified atom stereocenters. The second-order valence-corrected chi connectivity index (χ2v) is 9.24. The number of imide groups is 1. The number of carbonyl (C=O) groups excluding carboxylic acids is 2. The summed E-state index contributed by atoms with van der Waals surface area (Å²) < 4.78 is 11.3. The number of thioether (sulfide) groups is 1. The van der Waals surface area contributed by atoms with Crippen molar-refractivity contribution in [3.05, 3.63) is 81.4 Å². The second-order valence-electron chi connectivity index (χ2n) is 6.33. The fourth-order valence-corrected chi connectivity index (χ4v) is 4.66. The van der Waals surface area contributed by atoms with Crippen molar-refractivity contribution in [2.75, 3.05) is 13.2 Å². The molecule has 0 N–H and O–H groups in total. The van der Waals surface area contributed by atoms with Gasteiger partial charge in [-0.25, -0.2) is 0 Å². The Labute approximate surface area is 197 Å². The molecule has 2 aromatic carbocycles. The number of halogens is 2. The lowest BCUT2D eigenvalue weighted by molar-refractivity contribution is -0.123. The van der Waals surface area contributed by atoms with E-state index in [-0.39, 0.29) is 24.3 Å². The molecule has 2 heterocycles. The summed E-state index contributed by atoms with van der Waals surface area (Å²) in [5.74, 6) is 0.628. The van der Waals surface area contributed by atoms with Gasteiger partial charge in [-0.15, -0.1) is 0 Å². The van der Waals surface area contributed by atoms with E-state index in [0.29, 0.717) is 31.6 Å². The molecule has 3 aromatic rings. The molecule has 1 aromatic heterocycles. The quantitative estimate of drug-likeness (QED) is 0.336. The van der Waals surface area contributed by atoms with Gasteiger partial charge in [-0.05, 0) is 60.3 Å². The summed E-state index contributed by atoms with van der Waals surface area (Å²) in [4.78, 5) is 27.3. The molecule has 0 aliphatic carbocycles. The largest absolute Gasteiger partial charge is 0.490 e. The summed E-state index contributed by atoms with van der Waals surface area (Å²) in [6.07, 6.45) is 1.58. The number of nitrogens with zero attached hydrogens (tertiary/aromatic N) is 1. The Morgan fingerprint density at radius 1 is 1.03 bits per heavy atom. The number of furan rings is 1. The zero-order valence-electron chi connectivity index (χ0n) is 15.9. The molecule has 0 saturated carbocycles. The van der Waals surface area contributed by atoms with Crippen LogP contribution in [0.15, 0.2) is 80.0 Å². The Morgan fingerprint density at radius 2 is 1.81 bits per heavy atom. The van der Waals surface area contributed by atoms with Crippen LogP contribution in [0, 0.1) is 0 Å². The Morgan fingerprint density at radius 3 is 2.58 bits per heavy atom. The molecule has 0 bridgehead atoms. The van der Waals surface area contributed by atoms with Crippen LogP contribution in [-0.4, -0.2) is 29.2 Å². The first-order valence-corrected chi connectivity index (χ1v) is 11.5. The maximum Gasteiger partial charge on any atom is 0.293 e. The Hall–Kier alpha value is -2.32. The van der Waals surface area contributed by atoms with Crippen molar-refractivity contribution in [1.29, 1.82) is 0 Å². The number of amides is 2. The van der Waals surface area contributed by atoms with E-state index in [2.05, 4.69) is 0 Å². The van der Waals surface area contributed by atoms with Crippen LogP contribution in [0.3, 0.4) is 0 Å². The SMILES string of the molecule is O=C1S/C(=C\c2ccc(Sc3ccc(Cl)cc3)o2)C(=O)N1CCOc1ccccc1Cl. The smallest absolute Gasteiger partial charge is 0.293 e. The highest BCUT2D eigenvalue weighted by molar-refractivity contribution is 8.18. The number of benzene rings is 2. The average Bonchev–Trinajstić information content (AvgIpc) is 3.30. The molecule has 5 nitrogen and oxygen atoms in total. The summed E-state index contributed by atoms with van der Waals surface area (Å²) in [6, 6.07) is 18.0. The van der Waals surface area contributed by atoms with Crippen LogP contribution < -0.4 is 4.74 Å². The highest BCUT2D eigenvalue weighted by atomic mass is 35.5. The van der Waals surface area contributed by atoms with Gasteiger partial charge in [0.1, 0.15) is 18.1 Å². The first-order chi connectivity index (χ1) is 15.0. The zero-order valence-corrected chi connectivity index (χ0v) is 19.1. The normalized spacial score (nSPS) is 15.2. The maximum absolute atomic E-state index is 12.6. The van der Waals surface area contributed by atoms with Gasteiger partial charge in [0.05, 0.1) is 16.5 Å². The molecular weight excluding hydrogens is 477 g/mol. The van der Waals surface area contributed by atoms with Crippen LogP contribution >= 0.6 is 46.7 Å². The molecule has 4 rings (SSSR count). The topological polar surface area (TPSA) is 59.8 Å². The van der Waals surface area contributed by atoms with Gasteiger partial charge in [-0.2, -0.15) is 0 Å². The van der Waals surface area contributed by atoms with Crippen molar-refractivity contribution in [3.63, 3.8) is 0 Å². The van der Waals surface area contributed by atoms with Gasteiger partial charge in [0.25, 0.3) is 11.1 Å². The first kappa shape index (κ1) is 21.9. The van der Waals surface area contributed by atoms with Crippen molar-refractivity contribution in [3.8, 4) is 5.75 Å². The van der Waals surface area contributed by atoms with Gasteiger partial charge in [0, 0.05) is 16.0 Å². The van der Waals surface area contributed by atoms with E-state index in [4.69, 9.17) is 32.4 Å². The molecule has 1 aliphatic heterocycles. The molecule has 1 fully saturated rings. The minimum atomic E-state index is -0.374. The first-order valence-electron chi connectivity index (χ1n) is 9.15. The summed E-state index contributed by atoms with van der Waals surface area (Å²) in [6.45, 7) is 0.279. The van der Waals surface area contributed by atoms with Crippen LogP contribution in [0.2, 0.25) is 10.0 Å². The zero-order chi connectivity index (χ0) is 21.8. The van der Waals surface area contributed by atoms with Crippen molar-refractivity contribution in [2.45, 2.75) is 9.99 Å². The molecule has 0 atom stereocenters. The number of ether oxygens (including phenoxy) is 1. The molecule has 0 spiro atoms. The average molecular weight is 492 g/mol. The molecule has 2 amide bonds. The third-order valence-corrected chi connectivity index (χ3v) is 6.59. The predicted octanol–water partition coefficient (Wildman–Crippen LogP) is 6.85. The molecule has 1 aliphatic rings. The number of hydrogen-bond donors (Lipinski definition) is 0. The van der Waals surface area contributed by atoms with Crippen molar-refractivity contribution in [1.82, 2.24) is 4.90 Å². The number of para-hydroxylation sites is 1. The van der Waals surface area contributed by atoms with E-state index in [1.54, 1.807) is 48.5 Å². The summed E-state index contributed by atoms with van der Waals surface area (Å²) >= 11 is 14.3. The standard InChI is InChI=1S/C22H15Cl2NO4S2/c23-14-5-8-16(9-6-14)30-20-10-7-15(29-20)13-19-21(26)25(22(27)31-19)11-12-28-18-4-2-1-3-17(18)24/h1-10,13H,11-12H2/b19-13-. The van der Waals surface area contributed by atoms with Crippen molar-refractivity contribution < 1.29 is 18.7 Å². The van der Waals surface area contributed by atoms with E-state index >= 15 is 0 Å². The minimum absolute atomic E-state index is 0.128. The Balaban J connectivity index is 1.37. The van der Waals surface area contributed by atoms with Crippen molar-refractivity contribution in [2.24, 2.45) is 0 Å². The lowest BCUT2D eigenvalue weighted by Crippen LogP contribution is -2.32. The third-order valence-electron chi connectivity index (χ3n) is 4.19. The maximum atomic E-state index is 12.6. The Kier molecular flexibility index (Phi) is 6.97. The number of hydrogen-bond acceptors (Lipinski definition) is 6. The van der Waals surface area contributed by atoms with Gasteiger partial charge in [0.15, 0.2) is 5.09 Å². The minimum Gasteiger partial charge on any atom is -0.490 e. The monoisotopic (exact) mass is 491 g/mol. The van der Waals surface area contributed by atoms with Gasteiger partial charge in [-0.1, -0.05) is 47.1 Å². The predicted molar refractivity (Wildman–Crippen MR) is 124 cm³/mol. The van der Waals surface area contributed by atoms with Crippen LogP contribution in [-0.2, 0) is 4.79 Å². The highest BCUT2D eigenvalue weighted by Crippen LogP contribution is 2.35. The van der Waals surface area contributed by atoms with E-state index in [1.807, 2.05) is 18.2 Å². The molecule has 1 saturated heterocycles. The molecule has 9 heteroatoms. The van der Waals surface area contributed by atoms with Crippen LogP contribution in [0.5, 0.6) is 5.75 Å². The van der Waals surface area contributed by atoms with Crippen LogP contribution in [0.25, 0.3) is 6.08 Å². The molecule has 0 radical (unpaired) electrons. The van der Waals surface area contributed by atoms with E-state index in [0.717, 1.165) is 21.6 Å². The summed E-state index contributed by atoms with van der Waals surface area (Å²) in [7, 11) is 0. The number of rotatable bonds is 7. The molecule has 158 valence electrons. The molecular formula is C22H15Cl2NO4S2.